The fraction of sp³-hybridized carbons (Fsp3) is 0.706. The molecule has 2 N–H and O–H groups in total. The van der Waals surface area contributed by atoms with E-state index < -0.39 is 0 Å². The lowest BCUT2D eigenvalue weighted by Gasteiger charge is -2.36. The molecule has 2 unspecified atom stereocenters. The third kappa shape index (κ3) is 3.89. The van der Waals surface area contributed by atoms with Crippen molar-refractivity contribution in [2.24, 2.45) is 5.92 Å². The Bertz CT molecular complexity index is 462. The van der Waals surface area contributed by atoms with Crippen LogP contribution in [0.2, 0.25) is 0 Å². The molecule has 2 fully saturated rings. The van der Waals surface area contributed by atoms with Crippen molar-refractivity contribution < 1.29 is 4.79 Å². The molecule has 0 bridgehead atoms. The molecule has 3 heterocycles. The van der Waals surface area contributed by atoms with Crippen molar-refractivity contribution in [2.45, 2.75) is 44.7 Å². The van der Waals surface area contributed by atoms with E-state index in [1.54, 1.807) is 11.3 Å². The molecular formula is C17H27N3OS. The van der Waals surface area contributed by atoms with Crippen LogP contribution in [-0.4, -0.2) is 43.0 Å². The minimum atomic E-state index is 0.0189. The molecule has 122 valence electrons. The standard InChI is InChI=1S/C17H27N3OS/c1-13-6-9-20(10-7-13)15(16-5-3-11-22-16)12-19-17(21)14-4-2-8-18-14/h3,5,11,13-15,18H,2,4,6-10,12H2,1H3,(H,19,21). The number of rotatable bonds is 5. The van der Waals surface area contributed by atoms with Crippen LogP contribution in [0, 0.1) is 5.92 Å². The van der Waals surface area contributed by atoms with Gasteiger partial charge in [0.1, 0.15) is 0 Å². The zero-order valence-corrected chi connectivity index (χ0v) is 14.2. The minimum absolute atomic E-state index is 0.0189. The van der Waals surface area contributed by atoms with Gasteiger partial charge in [-0.2, -0.15) is 0 Å². The molecule has 2 atom stereocenters. The van der Waals surface area contributed by atoms with E-state index in [4.69, 9.17) is 0 Å². The van der Waals surface area contributed by atoms with E-state index in [1.165, 1.54) is 17.7 Å². The number of thiophene rings is 1. The number of likely N-dealkylation sites (tertiary alicyclic amines) is 1. The smallest absolute Gasteiger partial charge is 0.237 e. The Morgan fingerprint density at radius 3 is 2.91 bits per heavy atom. The summed E-state index contributed by atoms with van der Waals surface area (Å²) in [5.41, 5.74) is 0. The van der Waals surface area contributed by atoms with E-state index in [9.17, 15) is 4.79 Å². The summed E-state index contributed by atoms with van der Waals surface area (Å²) in [6, 6.07) is 4.66. The van der Waals surface area contributed by atoms with E-state index in [1.807, 2.05) is 0 Å². The third-order valence-electron chi connectivity index (χ3n) is 4.98. The lowest BCUT2D eigenvalue weighted by molar-refractivity contribution is -0.123. The van der Waals surface area contributed by atoms with Crippen LogP contribution in [0.25, 0.3) is 0 Å². The van der Waals surface area contributed by atoms with Gasteiger partial charge in [-0.05, 0) is 62.7 Å². The van der Waals surface area contributed by atoms with Gasteiger partial charge in [0, 0.05) is 11.4 Å². The predicted octanol–water partition coefficient (Wildman–Crippen LogP) is 2.39. The molecule has 1 amide bonds. The maximum Gasteiger partial charge on any atom is 0.237 e. The van der Waals surface area contributed by atoms with Gasteiger partial charge in [-0.3, -0.25) is 9.69 Å². The summed E-state index contributed by atoms with van der Waals surface area (Å²) in [5, 5.41) is 8.60. The zero-order valence-electron chi connectivity index (χ0n) is 13.4. The minimum Gasteiger partial charge on any atom is -0.353 e. The second kappa shape index (κ2) is 7.57. The average Bonchev–Trinajstić information content (AvgIpc) is 3.22. The van der Waals surface area contributed by atoms with E-state index in [2.05, 4.69) is 40.0 Å². The van der Waals surface area contributed by atoms with Crippen LogP contribution >= 0.6 is 11.3 Å². The van der Waals surface area contributed by atoms with Gasteiger partial charge in [-0.25, -0.2) is 0 Å². The van der Waals surface area contributed by atoms with E-state index in [0.717, 1.165) is 44.9 Å². The number of carbonyl (C=O) groups is 1. The molecule has 2 saturated heterocycles. The second-order valence-electron chi connectivity index (χ2n) is 6.64. The second-order valence-corrected chi connectivity index (χ2v) is 7.62. The highest BCUT2D eigenvalue weighted by Gasteiger charge is 2.27. The van der Waals surface area contributed by atoms with Crippen LogP contribution < -0.4 is 10.6 Å². The quantitative estimate of drug-likeness (QED) is 0.875. The lowest BCUT2D eigenvalue weighted by atomic mass is 9.97. The fourth-order valence-electron chi connectivity index (χ4n) is 3.46. The lowest BCUT2D eigenvalue weighted by Crippen LogP contribution is -2.45. The summed E-state index contributed by atoms with van der Waals surface area (Å²) in [6.45, 7) is 6.32. The largest absolute Gasteiger partial charge is 0.353 e. The molecule has 3 rings (SSSR count). The Balaban J connectivity index is 1.60. The van der Waals surface area contributed by atoms with E-state index >= 15 is 0 Å². The number of hydrogen-bond donors (Lipinski definition) is 2. The summed E-state index contributed by atoms with van der Waals surface area (Å²) < 4.78 is 0. The Kier molecular flexibility index (Phi) is 5.50. The molecule has 0 spiro atoms. The molecule has 22 heavy (non-hydrogen) atoms. The van der Waals surface area contributed by atoms with Gasteiger partial charge in [-0.1, -0.05) is 13.0 Å². The molecule has 0 radical (unpaired) electrons. The van der Waals surface area contributed by atoms with Gasteiger partial charge in [0.25, 0.3) is 0 Å². The molecular weight excluding hydrogens is 294 g/mol. The fourth-order valence-corrected chi connectivity index (χ4v) is 4.32. The molecule has 0 aromatic carbocycles. The molecule has 0 aliphatic carbocycles. The van der Waals surface area contributed by atoms with Crippen LogP contribution in [0.4, 0.5) is 0 Å². The Labute approximate surface area is 137 Å². The van der Waals surface area contributed by atoms with Crippen molar-refractivity contribution in [2.75, 3.05) is 26.2 Å². The summed E-state index contributed by atoms with van der Waals surface area (Å²) in [6.07, 6.45) is 4.60. The van der Waals surface area contributed by atoms with Gasteiger partial charge >= 0.3 is 0 Å². The molecule has 1 aromatic heterocycles. The highest BCUT2D eigenvalue weighted by Crippen LogP contribution is 2.29. The normalized spacial score (nSPS) is 25.2. The molecule has 1 aromatic rings. The van der Waals surface area contributed by atoms with E-state index in [0.29, 0.717) is 6.04 Å². The van der Waals surface area contributed by atoms with Crippen molar-refractivity contribution in [3.05, 3.63) is 22.4 Å². The topological polar surface area (TPSA) is 44.4 Å². The first-order valence-electron chi connectivity index (χ1n) is 8.52. The Morgan fingerprint density at radius 1 is 1.45 bits per heavy atom. The summed E-state index contributed by atoms with van der Waals surface area (Å²) in [5.74, 6) is 1.00. The van der Waals surface area contributed by atoms with Crippen LogP contribution in [0.1, 0.15) is 43.5 Å². The van der Waals surface area contributed by atoms with Gasteiger partial charge in [-0.15, -0.1) is 11.3 Å². The third-order valence-corrected chi connectivity index (χ3v) is 5.95. The summed E-state index contributed by atoms with van der Waals surface area (Å²) in [4.78, 5) is 16.2. The van der Waals surface area contributed by atoms with Crippen LogP contribution in [0.3, 0.4) is 0 Å². The average molecular weight is 321 g/mol. The highest BCUT2D eigenvalue weighted by molar-refractivity contribution is 7.10. The van der Waals surface area contributed by atoms with Crippen LogP contribution in [0.15, 0.2) is 17.5 Å². The van der Waals surface area contributed by atoms with E-state index in [-0.39, 0.29) is 11.9 Å². The highest BCUT2D eigenvalue weighted by atomic mass is 32.1. The predicted molar refractivity (Wildman–Crippen MR) is 91.1 cm³/mol. The molecule has 2 aliphatic heterocycles. The van der Waals surface area contributed by atoms with Gasteiger partial charge in [0.05, 0.1) is 12.1 Å². The number of piperidine rings is 1. The number of nitrogens with one attached hydrogen (secondary N) is 2. The first-order chi connectivity index (χ1) is 10.7. The van der Waals surface area contributed by atoms with Crippen molar-refractivity contribution in [3.8, 4) is 0 Å². The first kappa shape index (κ1) is 16.0. The van der Waals surface area contributed by atoms with Crippen LogP contribution in [0.5, 0.6) is 0 Å². The maximum absolute atomic E-state index is 12.3. The van der Waals surface area contributed by atoms with Crippen LogP contribution in [-0.2, 0) is 4.79 Å². The molecule has 0 saturated carbocycles. The summed E-state index contributed by atoms with van der Waals surface area (Å²) >= 11 is 1.80. The summed E-state index contributed by atoms with van der Waals surface area (Å²) in [7, 11) is 0. The Morgan fingerprint density at radius 2 is 2.27 bits per heavy atom. The van der Waals surface area contributed by atoms with Gasteiger partial charge < -0.3 is 10.6 Å². The van der Waals surface area contributed by atoms with Crippen molar-refractivity contribution in [1.29, 1.82) is 0 Å². The zero-order chi connectivity index (χ0) is 15.4. The monoisotopic (exact) mass is 321 g/mol. The number of carbonyl (C=O) groups excluding carboxylic acids is 1. The van der Waals surface area contributed by atoms with Crippen molar-refractivity contribution in [1.82, 2.24) is 15.5 Å². The molecule has 5 heteroatoms. The first-order valence-corrected chi connectivity index (χ1v) is 9.40. The van der Waals surface area contributed by atoms with Gasteiger partial charge in [0.15, 0.2) is 0 Å². The molecule has 2 aliphatic rings. The number of amides is 1. The van der Waals surface area contributed by atoms with Crippen molar-refractivity contribution >= 4 is 17.2 Å². The van der Waals surface area contributed by atoms with Gasteiger partial charge in [0.2, 0.25) is 5.91 Å². The molecule has 4 nitrogen and oxygen atoms in total. The number of hydrogen-bond acceptors (Lipinski definition) is 4. The maximum atomic E-state index is 12.3. The van der Waals surface area contributed by atoms with Crippen molar-refractivity contribution in [3.63, 3.8) is 0 Å². The Hall–Kier alpha value is -0.910. The SMILES string of the molecule is CC1CCN(C(CNC(=O)C2CCCN2)c2cccs2)CC1. The number of nitrogens with zero attached hydrogens (tertiary/aromatic N) is 1.